The van der Waals surface area contributed by atoms with Gasteiger partial charge in [0.2, 0.25) is 0 Å². The molecule has 1 aliphatic heterocycles. The fourth-order valence-corrected chi connectivity index (χ4v) is 3.89. The van der Waals surface area contributed by atoms with Crippen LogP contribution in [0.5, 0.6) is 0 Å². The summed E-state index contributed by atoms with van der Waals surface area (Å²) in [6.07, 6.45) is 2.25. The van der Waals surface area contributed by atoms with Crippen LogP contribution in [0.25, 0.3) is 10.9 Å². The predicted molar refractivity (Wildman–Crippen MR) is 105 cm³/mol. The van der Waals surface area contributed by atoms with Crippen molar-refractivity contribution in [3.8, 4) is 0 Å². The van der Waals surface area contributed by atoms with Crippen LogP contribution in [0.4, 0.5) is 0 Å². The number of tetrazole rings is 1. The maximum absolute atomic E-state index is 13.0. The first-order valence-corrected chi connectivity index (χ1v) is 9.51. The summed E-state index contributed by atoms with van der Waals surface area (Å²) in [5, 5.41) is 13.5. The minimum absolute atomic E-state index is 0.0771. The Hall–Kier alpha value is -2.54. The number of nitrogens with one attached hydrogen (secondary N) is 1. The molecular weight excluding hydrogens is 340 g/mol. The molecule has 4 rings (SSSR count). The van der Waals surface area contributed by atoms with E-state index in [4.69, 9.17) is 0 Å². The second kappa shape index (κ2) is 6.56. The number of nitrogens with zero attached hydrogens (tertiary/aromatic N) is 5. The lowest BCUT2D eigenvalue weighted by molar-refractivity contribution is 0.241. The number of aromatic nitrogens is 5. The molecule has 0 bridgehead atoms. The molecule has 0 radical (unpaired) electrons. The first-order valence-electron chi connectivity index (χ1n) is 9.51. The largest absolute Gasteiger partial charge is 0.322 e. The highest BCUT2D eigenvalue weighted by Crippen LogP contribution is 2.31. The number of hydrogen-bond acceptors (Lipinski definition) is 5. The predicted octanol–water partition coefficient (Wildman–Crippen LogP) is 2.76. The summed E-state index contributed by atoms with van der Waals surface area (Å²) in [5.41, 5.74) is 2.38. The molecule has 1 aliphatic rings. The summed E-state index contributed by atoms with van der Waals surface area (Å²) in [6, 6.07) is 7.82. The number of pyridine rings is 1. The Kier molecular flexibility index (Phi) is 4.34. The summed E-state index contributed by atoms with van der Waals surface area (Å²) in [7, 11) is 0. The molecule has 142 valence electrons. The summed E-state index contributed by atoms with van der Waals surface area (Å²) in [4.78, 5) is 18.4. The van der Waals surface area contributed by atoms with Crippen LogP contribution >= 0.6 is 0 Å². The molecule has 1 atom stereocenters. The fraction of sp³-hybridized carbons (Fsp3) is 0.500. The molecule has 0 aliphatic carbocycles. The van der Waals surface area contributed by atoms with Gasteiger partial charge in [-0.3, -0.25) is 9.69 Å². The first-order chi connectivity index (χ1) is 12.8. The standard InChI is InChI=1S/C20H26N6O/c1-13-7-8-16-14(11-13)12-15(19(27)21-16)17(25-9-5-6-10-25)18-22-23-24-26(18)20(2,3)4/h7-8,11-12,17H,5-6,9-10H2,1-4H3,(H,21,27)/t17-/m0/s1. The molecule has 3 aromatic rings. The fourth-order valence-electron chi connectivity index (χ4n) is 3.89. The lowest BCUT2D eigenvalue weighted by Gasteiger charge is -2.29. The minimum atomic E-state index is -0.267. The molecule has 1 aromatic carbocycles. The van der Waals surface area contributed by atoms with Gasteiger partial charge in [0.1, 0.15) is 6.04 Å². The number of aromatic amines is 1. The summed E-state index contributed by atoms with van der Waals surface area (Å²) in [5.74, 6) is 0.724. The van der Waals surface area contributed by atoms with Gasteiger partial charge < -0.3 is 4.98 Å². The van der Waals surface area contributed by atoms with E-state index in [2.05, 4.69) is 59.2 Å². The monoisotopic (exact) mass is 366 g/mol. The van der Waals surface area contributed by atoms with Crippen molar-refractivity contribution in [2.75, 3.05) is 13.1 Å². The second-order valence-corrected chi connectivity index (χ2v) is 8.41. The van der Waals surface area contributed by atoms with E-state index in [1.807, 2.05) is 22.9 Å². The highest BCUT2D eigenvalue weighted by atomic mass is 16.1. The van der Waals surface area contributed by atoms with E-state index in [1.165, 1.54) is 0 Å². The van der Waals surface area contributed by atoms with Crippen molar-refractivity contribution in [3.05, 3.63) is 51.6 Å². The van der Waals surface area contributed by atoms with Crippen LogP contribution in [0.2, 0.25) is 0 Å². The molecule has 0 unspecified atom stereocenters. The van der Waals surface area contributed by atoms with Gasteiger partial charge in [-0.2, -0.15) is 0 Å². The zero-order valence-corrected chi connectivity index (χ0v) is 16.4. The Bertz CT molecular complexity index is 1020. The number of rotatable bonds is 3. The highest BCUT2D eigenvalue weighted by molar-refractivity contribution is 5.79. The molecule has 0 amide bonds. The Morgan fingerprint density at radius 1 is 1.15 bits per heavy atom. The number of fused-ring (bicyclic) bond motifs is 1. The van der Waals surface area contributed by atoms with Crippen LogP contribution in [-0.2, 0) is 5.54 Å². The SMILES string of the molecule is Cc1ccc2[nH]c(=O)c([C@@H](c3nnnn3C(C)(C)C)N3CCCC3)cc2c1. The molecule has 3 heterocycles. The molecule has 1 fully saturated rings. The quantitative estimate of drug-likeness (QED) is 0.771. The number of likely N-dealkylation sites (tertiary alicyclic amines) is 1. The van der Waals surface area contributed by atoms with Gasteiger partial charge in [-0.1, -0.05) is 11.6 Å². The summed E-state index contributed by atoms with van der Waals surface area (Å²) >= 11 is 0. The van der Waals surface area contributed by atoms with E-state index in [1.54, 1.807) is 0 Å². The van der Waals surface area contributed by atoms with Crippen molar-refractivity contribution in [1.82, 2.24) is 30.1 Å². The van der Waals surface area contributed by atoms with Crippen molar-refractivity contribution in [3.63, 3.8) is 0 Å². The molecule has 0 spiro atoms. The lowest BCUT2D eigenvalue weighted by Crippen LogP contribution is -2.36. The average Bonchev–Trinajstić information content (AvgIpc) is 3.27. The minimum Gasteiger partial charge on any atom is -0.322 e. The molecule has 2 aromatic heterocycles. The van der Waals surface area contributed by atoms with Crippen LogP contribution in [0, 0.1) is 6.92 Å². The smallest absolute Gasteiger partial charge is 0.253 e. The van der Waals surface area contributed by atoms with Crippen LogP contribution in [-0.4, -0.2) is 43.2 Å². The third kappa shape index (κ3) is 3.27. The average molecular weight is 366 g/mol. The van der Waals surface area contributed by atoms with Crippen molar-refractivity contribution in [1.29, 1.82) is 0 Å². The maximum atomic E-state index is 13.0. The Morgan fingerprint density at radius 3 is 2.59 bits per heavy atom. The third-order valence-corrected chi connectivity index (χ3v) is 5.20. The highest BCUT2D eigenvalue weighted by Gasteiger charge is 2.34. The van der Waals surface area contributed by atoms with Crippen molar-refractivity contribution in [2.45, 2.75) is 52.1 Å². The van der Waals surface area contributed by atoms with Crippen molar-refractivity contribution in [2.24, 2.45) is 0 Å². The molecular formula is C20H26N6O. The molecule has 1 N–H and O–H groups in total. The Morgan fingerprint density at radius 2 is 1.89 bits per heavy atom. The molecule has 1 saturated heterocycles. The first kappa shape index (κ1) is 17.9. The van der Waals surface area contributed by atoms with Gasteiger partial charge in [-0.05, 0) is 87.6 Å². The third-order valence-electron chi connectivity index (χ3n) is 5.20. The van der Waals surface area contributed by atoms with Gasteiger partial charge >= 0.3 is 0 Å². The molecule has 0 saturated carbocycles. The summed E-state index contributed by atoms with van der Waals surface area (Å²) < 4.78 is 1.84. The van der Waals surface area contributed by atoms with Crippen molar-refractivity contribution < 1.29 is 0 Å². The lowest BCUT2D eigenvalue weighted by atomic mass is 10.0. The van der Waals surface area contributed by atoms with E-state index in [-0.39, 0.29) is 17.1 Å². The molecule has 7 nitrogen and oxygen atoms in total. The van der Waals surface area contributed by atoms with Crippen molar-refractivity contribution >= 4 is 10.9 Å². The van der Waals surface area contributed by atoms with Gasteiger partial charge in [0.25, 0.3) is 5.56 Å². The van der Waals surface area contributed by atoms with Crippen LogP contribution in [0.15, 0.2) is 29.1 Å². The summed E-state index contributed by atoms with van der Waals surface area (Å²) in [6.45, 7) is 10.1. The van der Waals surface area contributed by atoms with Gasteiger partial charge in [-0.15, -0.1) is 5.10 Å². The normalized spacial score (nSPS) is 16.9. The van der Waals surface area contributed by atoms with E-state index in [0.29, 0.717) is 5.56 Å². The number of H-pyrrole nitrogens is 1. The van der Waals surface area contributed by atoms with Gasteiger partial charge in [0, 0.05) is 11.1 Å². The van der Waals surface area contributed by atoms with E-state index in [9.17, 15) is 4.79 Å². The van der Waals surface area contributed by atoms with Crippen LogP contribution in [0.3, 0.4) is 0 Å². The number of aryl methyl sites for hydroxylation is 1. The number of benzene rings is 1. The topological polar surface area (TPSA) is 79.7 Å². The van der Waals surface area contributed by atoms with Gasteiger partial charge in [0.05, 0.1) is 5.54 Å². The van der Waals surface area contributed by atoms with E-state index in [0.717, 1.165) is 48.2 Å². The van der Waals surface area contributed by atoms with Crippen LogP contribution < -0.4 is 5.56 Å². The van der Waals surface area contributed by atoms with Crippen LogP contribution in [0.1, 0.15) is 56.6 Å². The number of hydrogen-bond donors (Lipinski definition) is 1. The molecule has 27 heavy (non-hydrogen) atoms. The van der Waals surface area contributed by atoms with E-state index >= 15 is 0 Å². The molecule has 7 heteroatoms. The zero-order valence-electron chi connectivity index (χ0n) is 16.4. The Labute approximate surface area is 158 Å². The van der Waals surface area contributed by atoms with E-state index < -0.39 is 0 Å². The van der Waals surface area contributed by atoms with Gasteiger partial charge in [-0.25, -0.2) is 4.68 Å². The second-order valence-electron chi connectivity index (χ2n) is 8.41. The Balaban J connectivity index is 1.93. The zero-order chi connectivity index (χ0) is 19.2. The van der Waals surface area contributed by atoms with Gasteiger partial charge in [0.15, 0.2) is 5.82 Å². The maximum Gasteiger partial charge on any atom is 0.253 e.